The van der Waals surface area contributed by atoms with E-state index < -0.39 is 50.9 Å². The number of aromatic nitrogens is 1. The van der Waals surface area contributed by atoms with E-state index in [1.807, 2.05) is 6.92 Å². The number of benzene rings is 2. The van der Waals surface area contributed by atoms with E-state index in [-0.39, 0.29) is 21.0 Å². The van der Waals surface area contributed by atoms with Crippen LogP contribution in [0, 0.1) is 23.0 Å². The van der Waals surface area contributed by atoms with Gasteiger partial charge in [0.05, 0.1) is 27.6 Å². The molecular weight excluding hydrogens is 559 g/mol. The van der Waals surface area contributed by atoms with E-state index >= 15 is 0 Å². The first kappa shape index (κ1) is 28.2. The average Bonchev–Trinajstić information content (AvgIpc) is 3.35. The largest absolute Gasteiger partial charge is 0.417 e. The van der Waals surface area contributed by atoms with E-state index in [0.29, 0.717) is 29.7 Å². The van der Waals surface area contributed by atoms with Crippen LogP contribution >= 0.6 is 11.3 Å². The monoisotopic (exact) mass is 578 g/mol. The molecule has 4 rings (SSSR count). The Morgan fingerprint density at radius 3 is 2.33 bits per heavy atom. The summed E-state index contributed by atoms with van der Waals surface area (Å²) in [5, 5.41) is 11.0. The Balaban J connectivity index is 1.95. The van der Waals surface area contributed by atoms with Crippen molar-refractivity contribution >= 4 is 21.2 Å². The molecule has 0 unspecified atom stereocenters. The van der Waals surface area contributed by atoms with Crippen LogP contribution in [0.15, 0.2) is 63.6 Å². The number of nitrogens with zero attached hydrogens (tertiary/aromatic N) is 2. The van der Waals surface area contributed by atoms with Gasteiger partial charge in [-0.1, -0.05) is 19.1 Å². The van der Waals surface area contributed by atoms with Crippen LogP contribution in [0.4, 0.5) is 22.0 Å². The lowest BCUT2D eigenvalue weighted by molar-refractivity contribution is -0.137. The molecule has 12 heteroatoms. The smallest absolute Gasteiger partial charge is 0.302 e. The fourth-order valence-corrected chi connectivity index (χ4v) is 5.68. The zero-order valence-corrected chi connectivity index (χ0v) is 22.1. The number of pyridine rings is 1. The van der Waals surface area contributed by atoms with E-state index in [1.165, 1.54) is 24.3 Å². The van der Waals surface area contributed by atoms with Crippen molar-refractivity contribution in [1.29, 1.82) is 5.26 Å². The molecule has 0 bridgehead atoms. The highest BCUT2D eigenvalue weighted by Crippen LogP contribution is 2.38. The Labute approximate surface area is 224 Å². The van der Waals surface area contributed by atoms with Gasteiger partial charge in [0.25, 0.3) is 5.56 Å². The molecule has 0 saturated carbocycles. The lowest BCUT2D eigenvalue weighted by Gasteiger charge is -2.17. The van der Waals surface area contributed by atoms with Gasteiger partial charge in [-0.05, 0) is 58.8 Å². The summed E-state index contributed by atoms with van der Waals surface area (Å²) in [5.41, 5.74) is -2.58. The quantitative estimate of drug-likeness (QED) is 0.247. The highest BCUT2D eigenvalue weighted by atomic mass is 32.2. The molecule has 2 aromatic carbocycles. The highest BCUT2D eigenvalue weighted by molar-refractivity contribution is 7.90. The molecular formula is C27H19F5N2O3S2. The number of sulfone groups is 1. The molecule has 0 aliphatic rings. The Morgan fingerprint density at radius 1 is 1.03 bits per heavy atom. The molecule has 0 aliphatic carbocycles. The maximum absolute atomic E-state index is 14.4. The Morgan fingerprint density at radius 2 is 1.74 bits per heavy atom. The molecule has 39 heavy (non-hydrogen) atoms. The van der Waals surface area contributed by atoms with Crippen LogP contribution < -0.4 is 5.56 Å². The Bertz CT molecular complexity index is 1800. The lowest BCUT2D eigenvalue weighted by atomic mass is 10.0. The van der Waals surface area contributed by atoms with E-state index in [2.05, 4.69) is 0 Å². The molecule has 0 radical (unpaired) electrons. The average molecular weight is 579 g/mol. The summed E-state index contributed by atoms with van der Waals surface area (Å²) in [6, 6.07) is 10.8. The number of alkyl halides is 3. The molecule has 4 aromatic rings. The third kappa shape index (κ3) is 5.79. The summed E-state index contributed by atoms with van der Waals surface area (Å²) < 4.78 is 94.6. The van der Waals surface area contributed by atoms with Crippen molar-refractivity contribution in [2.24, 2.45) is 0 Å². The summed E-state index contributed by atoms with van der Waals surface area (Å²) in [6.45, 7) is 1.27. The van der Waals surface area contributed by atoms with Gasteiger partial charge in [0, 0.05) is 17.9 Å². The fraction of sp³-hybridized carbons (Fsp3) is 0.185. The second kappa shape index (κ2) is 10.4. The van der Waals surface area contributed by atoms with Crippen LogP contribution in [-0.4, -0.2) is 19.2 Å². The fourth-order valence-electron chi connectivity index (χ4n) is 4.03. The van der Waals surface area contributed by atoms with Gasteiger partial charge >= 0.3 is 6.18 Å². The van der Waals surface area contributed by atoms with Gasteiger partial charge in [0.2, 0.25) is 0 Å². The van der Waals surface area contributed by atoms with Crippen LogP contribution in [0.5, 0.6) is 0 Å². The topological polar surface area (TPSA) is 79.9 Å². The lowest BCUT2D eigenvalue weighted by Crippen LogP contribution is -2.28. The molecule has 2 aromatic heterocycles. The van der Waals surface area contributed by atoms with Crippen LogP contribution in [-0.2, 0) is 29.0 Å². The molecule has 5 nitrogen and oxygen atoms in total. The summed E-state index contributed by atoms with van der Waals surface area (Å²) in [4.78, 5) is 13.4. The zero-order valence-electron chi connectivity index (χ0n) is 20.4. The SMILES string of the molecule is CCc1cc(-c2csc(-c3cc(C(F)(F)F)c(C#N)c(=O)n3Cc3ccc(F)cc3F)c2)cc(S(C)(=O)=O)c1. The highest BCUT2D eigenvalue weighted by Gasteiger charge is 2.37. The molecule has 0 fully saturated rings. The molecule has 0 amide bonds. The van der Waals surface area contributed by atoms with Gasteiger partial charge in [-0.25, -0.2) is 17.2 Å². The van der Waals surface area contributed by atoms with Gasteiger partial charge < -0.3 is 4.57 Å². The van der Waals surface area contributed by atoms with Gasteiger partial charge in [0.15, 0.2) is 9.84 Å². The number of thiophene rings is 1. The van der Waals surface area contributed by atoms with E-state index in [0.717, 1.165) is 39.9 Å². The summed E-state index contributed by atoms with van der Waals surface area (Å²) in [5.74, 6) is -1.89. The third-order valence-electron chi connectivity index (χ3n) is 6.05. The number of hydrogen-bond acceptors (Lipinski definition) is 5. The van der Waals surface area contributed by atoms with Crippen LogP contribution in [0.2, 0.25) is 0 Å². The maximum atomic E-state index is 14.4. The van der Waals surface area contributed by atoms with E-state index in [1.54, 1.807) is 11.4 Å². The number of hydrogen-bond donors (Lipinski definition) is 0. The van der Waals surface area contributed by atoms with Crippen LogP contribution in [0.1, 0.15) is 29.2 Å². The van der Waals surface area contributed by atoms with Gasteiger partial charge in [-0.2, -0.15) is 18.4 Å². The first-order valence-corrected chi connectivity index (χ1v) is 14.1. The molecule has 0 N–H and O–H groups in total. The van der Waals surface area contributed by atoms with Crippen molar-refractivity contribution in [3.8, 4) is 27.8 Å². The van der Waals surface area contributed by atoms with E-state index in [4.69, 9.17) is 0 Å². The summed E-state index contributed by atoms with van der Waals surface area (Å²) in [6.07, 6.45) is -3.44. The Hall–Kier alpha value is -3.82. The van der Waals surface area contributed by atoms with Gasteiger partial charge in [-0.15, -0.1) is 11.3 Å². The van der Waals surface area contributed by atoms with Gasteiger partial charge in [-0.3, -0.25) is 4.79 Å². The number of aryl methyl sites for hydroxylation is 1. The second-order valence-corrected chi connectivity index (χ2v) is 11.7. The van der Waals surface area contributed by atoms with Crippen LogP contribution in [0.3, 0.4) is 0 Å². The first-order chi connectivity index (χ1) is 18.2. The molecule has 202 valence electrons. The Kier molecular flexibility index (Phi) is 7.51. The maximum Gasteiger partial charge on any atom is 0.417 e. The minimum atomic E-state index is -5.03. The minimum Gasteiger partial charge on any atom is -0.302 e. The molecule has 2 heterocycles. The molecule has 0 aliphatic heterocycles. The standard InChI is InChI=1S/C27H19F5N2O3S2/c1-3-15-6-17(8-20(7-15)39(2,36)37)18-9-25(38-14-18)24-11-22(27(30,31)32)21(12-33)26(35)34(24)13-16-4-5-19(28)10-23(16)29/h4-11,14H,3,13H2,1-2H3. The van der Waals surface area contributed by atoms with Crippen molar-refractivity contribution in [3.05, 3.63) is 98.2 Å². The van der Waals surface area contributed by atoms with Gasteiger partial charge in [0.1, 0.15) is 23.3 Å². The zero-order chi connectivity index (χ0) is 28.7. The summed E-state index contributed by atoms with van der Waals surface area (Å²) >= 11 is 0.984. The van der Waals surface area contributed by atoms with Crippen molar-refractivity contribution < 1.29 is 30.4 Å². The van der Waals surface area contributed by atoms with Crippen molar-refractivity contribution in [2.75, 3.05) is 6.26 Å². The second-order valence-electron chi connectivity index (χ2n) is 8.75. The van der Waals surface area contributed by atoms with Crippen molar-refractivity contribution in [2.45, 2.75) is 31.0 Å². The predicted molar refractivity (Wildman–Crippen MR) is 137 cm³/mol. The van der Waals surface area contributed by atoms with E-state index in [9.17, 15) is 40.4 Å². The third-order valence-corrected chi connectivity index (χ3v) is 8.09. The van der Waals surface area contributed by atoms with Crippen molar-refractivity contribution in [3.63, 3.8) is 0 Å². The number of halogens is 5. The minimum absolute atomic E-state index is 0.0750. The molecule has 0 saturated heterocycles. The normalized spacial score (nSPS) is 11.9. The molecule has 0 spiro atoms. The van der Waals surface area contributed by atoms with Crippen LogP contribution in [0.25, 0.3) is 21.7 Å². The molecule has 0 atom stereocenters. The number of rotatable bonds is 6. The van der Waals surface area contributed by atoms with Crippen molar-refractivity contribution in [1.82, 2.24) is 4.57 Å². The summed E-state index contributed by atoms with van der Waals surface area (Å²) in [7, 11) is -3.55. The number of nitriles is 1. The first-order valence-electron chi connectivity index (χ1n) is 11.3. The predicted octanol–water partition coefficient (Wildman–Crippen LogP) is 6.43.